The van der Waals surface area contributed by atoms with E-state index in [9.17, 15) is 24.6 Å². The first-order valence-corrected chi connectivity index (χ1v) is 11.5. The van der Waals surface area contributed by atoms with E-state index in [-0.39, 0.29) is 39.7 Å². The third-order valence-electron chi connectivity index (χ3n) is 6.35. The molecule has 0 radical (unpaired) electrons. The van der Waals surface area contributed by atoms with Gasteiger partial charge in [0.1, 0.15) is 6.10 Å². The SMILES string of the molecule is CC(C)[C@@H](O)C(=O)N1CCC[C@H]1C(=O)c1cc(Cl)cc(C(O)(C(N)=O)c2ccccc2)c1CN. The van der Waals surface area contributed by atoms with Crippen molar-refractivity contribution in [1.29, 1.82) is 0 Å². The summed E-state index contributed by atoms with van der Waals surface area (Å²) in [5.74, 6) is -2.30. The van der Waals surface area contributed by atoms with Gasteiger partial charge in [0.05, 0.1) is 6.04 Å². The van der Waals surface area contributed by atoms with Gasteiger partial charge in [-0.2, -0.15) is 0 Å². The number of nitrogens with zero attached hydrogens (tertiary/aromatic N) is 1. The number of halogens is 1. The number of hydrogen-bond acceptors (Lipinski definition) is 6. The van der Waals surface area contributed by atoms with Gasteiger partial charge >= 0.3 is 0 Å². The van der Waals surface area contributed by atoms with Crippen LogP contribution >= 0.6 is 11.6 Å². The van der Waals surface area contributed by atoms with Gasteiger partial charge in [-0.3, -0.25) is 14.4 Å². The van der Waals surface area contributed by atoms with E-state index in [1.54, 1.807) is 32.0 Å². The zero-order valence-electron chi connectivity index (χ0n) is 19.2. The van der Waals surface area contributed by atoms with Crippen molar-refractivity contribution in [2.24, 2.45) is 17.4 Å². The zero-order chi connectivity index (χ0) is 25.2. The topological polar surface area (TPSA) is 147 Å². The Morgan fingerprint density at radius 1 is 1.21 bits per heavy atom. The molecule has 2 amide bonds. The minimum Gasteiger partial charge on any atom is -0.383 e. The molecule has 1 fully saturated rings. The zero-order valence-corrected chi connectivity index (χ0v) is 20.0. The maximum absolute atomic E-state index is 13.7. The van der Waals surface area contributed by atoms with Crippen molar-refractivity contribution in [3.63, 3.8) is 0 Å². The second kappa shape index (κ2) is 10.2. The average Bonchev–Trinajstić information content (AvgIpc) is 3.31. The first kappa shape index (κ1) is 25.8. The van der Waals surface area contributed by atoms with Crippen LogP contribution < -0.4 is 11.5 Å². The van der Waals surface area contributed by atoms with Gasteiger partial charge in [-0.1, -0.05) is 55.8 Å². The fraction of sp³-hybridized carbons (Fsp3) is 0.400. The molecular formula is C25H30ClN3O5. The Hall–Kier alpha value is -2.78. The summed E-state index contributed by atoms with van der Waals surface area (Å²) in [7, 11) is 0. The van der Waals surface area contributed by atoms with E-state index in [4.69, 9.17) is 23.1 Å². The number of Topliss-reactive ketones (excluding diaryl/α,β-unsaturated/α-hetero) is 1. The maximum Gasteiger partial charge on any atom is 0.258 e. The van der Waals surface area contributed by atoms with Gasteiger partial charge in [0.2, 0.25) is 0 Å². The van der Waals surface area contributed by atoms with Crippen molar-refractivity contribution in [1.82, 2.24) is 4.90 Å². The van der Waals surface area contributed by atoms with E-state index in [1.165, 1.54) is 29.2 Å². The number of hydrogen-bond donors (Lipinski definition) is 4. The van der Waals surface area contributed by atoms with E-state index in [0.29, 0.717) is 19.4 Å². The highest BCUT2D eigenvalue weighted by Gasteiger charge is 2.43. The molecule has 1 heterocycles. The molecule has 34 heavy (non-hydrogen) atoms. The number of aliphatic hydroxyl groups is 2. The smallest absolute Gasteiger partial charge is 0.258 e. The molecule has 182 valence electrons. The van der Waals surface area contributed by atoms with Gasteiger partial charge in [-0.05, 0) is 42.0 Å². The van der Waals surface area contributed by atoms with Crippen molar-refractivity contribution < 1.29 is 24.6 Å². The maximum atomic E-state index is 13.7. The van der Waals surface area contributed by atoms with Gasteiger partial charge in [-0.15, -0.1) is 0 Å². The summed E-state index contributed by atoms with van der Waals surface area (Å²) in [6.07, 6.45) is -0.233. The minimum absolute atomic E-state index is 0.0163. The number of carbonyl (C=O) groups excluding carboxylic acids is 3. The van der Waals surface area contributed by atoms with Crippen LogP contribution in [0.2, 0.25) is 5.02 Å². The number of aliphatic hydroxyl groups excluding tert-OH is 1. The Balaban J connectivity index is 2.13. The molecule has 1 aliphatic rings. The normalized spacial score (nSPS) is 18.6. The Bertz CT molecular complexity index is 1090. The van der Waals surface area contributed by atoms with Gasteiger partial charge in [0.15, 0.2) is 11.4 Å². The lowest BCUT2D eigenvalue weighted by Crippen LogP contribution is -2.47. The summed E-state index contributed by atoms with van der Waals surface area (Å²) in [5, 5.41) is 21.9. The lowest BCUT2D eigenvalue weighted by molar-refractivity contribution is -0.142. The number of amides is 2. The van der Waals surface area contributed by atoms with Crippen molar-refractivity contribution in [2.75, 3.05) is 6.54 Å². The quantitative estimate of drug-likeness (QED) is 0.417. The van der Waals surface area contributed by atoms with Crippen molar-refractivity contribution in [3.05, 3.63) is 69.7 Å². The summed E-state index contributed by atoms with van der Waals surface area (Å²) in [6, 6.07) is 10.1. The molecular weight excluding hydrogens is 458 g/mol. The molecule has 1 saturated heterocycles. The van der Waals surface area contributed by atoms with E-state index >= 15 is 0 Å². The number of likely N-dealkylation sites (tertiary alicyclic amines) is 1. The molecule has 3 rings (SSSR count). The Morgan fingerprint density at radius 3 is 2.41 bits per heavy atom. The van der Waals surface area contributed by atoms with Crippen LogP contribution in [0.1, 0.15) is 53.7 Å². The summed E-state index contributed by atoms with van der Waals surface area (Å²) in [5.41, 5.74) is 9.91. The van der Waals surface area contributed by atoms with Gasteiger partial charge < -0.3 is 26.6 Å². The molecule has 6 N–H and O–H groups in total. The standard InChI is InChI=1S/C25H30ClN3O5/c1-14(2)21(30)23(32)29-10-6-9-20(29)22(31)17-11-16(26)12-19(18(17)13-27)25(34,24(28)33)15-7-4-3-5-8-15/h3-5,7-8,11-12,14,20-21,30,34H,6,9-10,13,27H2,1-2H3,(H2,28,33)/t20-,21+,25?/m0/s1. The number of primary amides is 1. The lowest BCUT2D eigenvalue weighted by Gasteiger charge is -2.31. The fourth-order valence-electron chi connectivity index (χ4n) is 4.45. The summed E-state index contributed by atoms with van der Waals surface area (Å²) < 4.78 is 0. The first-order valence-electron chi connectivity index (χ1n) is 11.2. The Labute approximate surface area is 203 Å². The molecule has 3 atom stereocenters. The molecule has 0 saturated carbocycles. The molecule has 0 aromatic heterocycles. The molecule has 0 spiro atoms. The van der Waals surface area contributed by atoms with Crippen LogP contribution in [0.4, 0.5) is 0 Å². The minimum atomic E-state index is -2.28. The van der Waals surface area contributed by atoms with Crippen LogP contribution in [0.25, 0.3) is 0 Å². The molecule has 9 heteroatoms. The summed E-state index contributed by atoms with van der Waals surface area (Å²) in [4.78, 5) is 40.4. The van der Waals surface area contributed by atoms with Crippen molar-refractivity contribution in [3.8, 4) is 0 Å². The van der Waals surface area contributed by atoms with Crippen molar-refractivity contribution in [2.45, 2.75) is 51.0 Å². The summed E-state index contributed by atoms with van der Waals surface area (Å²) >= 11 is 6.34. The molecule has 1 aliphatic heterocycles. The van der Waals surface area contributed by atoms with Crippen LogP contribution in [0.5, 0.6) is 0 Å². The van der Waals surface area contributed by atoms with Crippen LogP contribution in [0.15, 0.2) is 42.5 Å². The van der Waals surface area contributed by atoms with Gasteiger partial charge in [0, 0.05) is 29.2 Å². The van der Waals surface area contributed by atoms with Crippen LogP contribution in [0.3, 0.4) is 0 Å². The second-order valence-corrected chi connectivity index (χ2v) is 9.30. The van der Waals surface area contributed by atoms with E-state index in [2.05, 4.69) is 0 Å². The highest BCUT2D eigenvalue weighted by Crippen LogP contribution is 2.36. The number of benzene rings is 2. The molecule has 8 nitrogen and oxygen atoms in total. The van der Waals surface area contributed by atoms with Crippen LogP contribution in [-0.2, 0) is 21.7 Å². The number of ketones is 1. The third-order valence-corrected chi connectivity index (χ3v) is 6.56. The molecule has 0 aliphatic carbocycles. The fourth-order valence-corrected chi connectivity index (χ4v) is 4.67. The molecule has 2 aromatic rings. The Morgan fingerprint density at radius 2 is 1.85 bits per heavy atom. The summed E-state index contributed by atoms with van der Waals surface area (Å²) in [6.45, 7) is 3.59. The highest BCUT2D eigenvalue weighted by molar-refractivity contribution is 6.31. The van der Waals surface area contributed by atoms with Crippen molar-refractivity contribution >= 4 is 29.2 Å². The highest BCUT2D eigenvalue weighted by atomic mass is 35.5. The molecule has 2 aromatic carbocycles. The van der Waals surface area contributed by atoms with E-state index in [1.807, 2.05) is 0 Å². The number of carbonyl (C=O) groups is 3. The monoisotopic (exact) mass is 487 g/mol. The number of rotatable bonds is 8. The molecule has 0 bridgehead atoms. The van der Waals surface area contributed by atoms with Gasteiger partial charge in [-0.25, -0.2) is 0 Å². The predicted molar refractivity (Wildman–Crippen MR) is 128 cm³/mol. The molecule has 1 unspecified atom stereocenters. The van der Waals surface area contributed by atoms with Crippen LogP contribution in [-0.4, -0.2) is 51.4 Å². The van der Waals surface area contributed by atoms with E-state index < -0.39 is 35.3 Å². The lowest BCUT2D eigenvalue weighted by atomic mass is 9.80. The first-order chi connectivity index (χ1) is 16.0. The average molecular weight is 488 g/mol. The van der Waals surface area contributed by atoms with Crippen LogP contribution in [0, 0.1) is 5.92 Å². The van der Waals surface area contributed by atoms with E-state index in [0.717, 1.165) is 0 Å². The largest absolute Gasteiger partial charge is 0.383 e. The Kier molecular flexibility index (Phi) is 7.77. The number of nitrogens with two attached hydrogens (primary N) is 2. The second-order valence-electron chi connectivity index (χ2n) is 8.87. The van der Waals surface area contributed by atoms with Gasteiger partial charge in [0.25, 0.3) is 11.8 Å². The third kappa shape index (κ3) is 4.59. The predicted octanol–water partition coefficient (Wildman–Crippen LogP) is 1.71.